The van der Waals surface area contributed by atoms with Gasteiger partial charge in [-0.25, -0.2) is 14.5 Å². The van der Waals surface area contributed by atoms with Gasteiger partial charge in [0.1, 0.15) is 5.82 Å². The molecule has 0 radical (unpaired) electrons. The van der Waals surface area contributed by atoms with E-state index in [1.54, 1.807) is 23.1 Å². The van der Waals surface area contributed by atoms with Gasteiger partial charge < -0.3 is 10.2 Å². The van der Waals surface area contributed by atoms with Gasteiger partial charge in [0.25, 0.3) is 17.4 Å². The molecule has 2 aromatic heterocycles. The summed E-state index contributed by atoms with van der Waals surface area (Å²) in [7, 11) is 1.52. The van der Waals surface area contributed by atoms with Crippen molar-refractivity contribution in [2.45, 2.75) is 25.9 Å². The molecule has 33 heavy (non-hydrogen) atoms. The molecule has 0 saturated heterocycles. The molecule has 0 spiro atoms. The fourth-order valence-electron chi connectivity index (χ4n) is 3.69. The highest BCUT2D eigenvalue weighted by molar-refractivity contribution is 6.42. The van der Waals surface area contributed by atoms with Crippen LogP contribution in [0.1, 0.15) is 38.9 Å². The van der Waals surface area contributed by atoms with E-state index in [0.29, 0.717) is 33.8 Å². The Hall–Kier alpha value is -2.94. The first-order valence-electron chi connectivity index (χ1n) is 9.96. The predicted octanol–water partition coefficient (Wildman–Crippen LogP) is 3.53. The number of halogens is 3. The van der Waals surface area contributed by atoms with Gasteiger partial charge in [-0.1, -0.05) is 23.2 Å². The number of carbonyl (C=O) groups excluding carboxylic acids is 2. The molecule has 11 heteroatoms. The molecule has 170 valence electrons. The van der Waals surface area contributed by atoms with Crippen LogP contribution in [0.15, 0.2) is 41.3 Å². The number of benzene rings is 1. The van der Waals surface area contributed by atoms with Crippen LogP contribution in [-0.4, -0.2) is 44.3 Å². The average molecular weight is 507 g/mol. The summed E-state index contributed by atoms with van der Waals surface area (Å²) in [6, 6.07) is 7.48. The number of rotatable bonds is 3. The normalized spacial score (nSPS) is 15.2. The van der Waals surface area contributed by atoms with Gasteiger partial charge in [-0.15, -0.1) is 0 Å². The van der Waals surface area contributed by atoms with Crippen LogP contribution in [0.25, 0.3) is 5.82 Å². The second kappa shape index (κ2) is 9.13. The van der Waals surface area contributed by atoms with E-state index in [4.69, 9.17) is 34.8 Å². The highest BCUT2D eigenvalue weighted by Crippen LogP contribution is 2.27. The summed E-state index contributed by atoms with van der Waals surface area (Å²) >= 11 is 18.4. The number of pyridine rings is 1. The topological polar surface area (TPSA) is 97.2 Å². The van der Waals surface area contributed by atoms with Crippen LogP contribution in [-0.2, 0) is 13.0 Å². The largest absolute Gasteiger partial charge is 0.355 e. The van der Waals surface area contributed by atoms with Gasteiger partial charge in [0, 0.05) is 30.4 Å². The summed E-state index contributed by atoms with van der Waals surface area (Å²) in [5.74, 6) is -0.299. The molecular formula is C22H18Cl3N5O3. The number of nitrogens with zero attached hydrogens (tertiary/aromatic N) is 4. The van der Waals surface area contributed by atoms with Gasteiger partial charge in [-0.2, -0.15) is 0 Å². The van der Waals surface area contributed by atoms with Crippen molar-refractivity contribution in [3.63, 3.8) is 0 Å². The number of nitrogens with one attached hydrogen (secondary N) is 1. The van der Waals surface area contributed by atoms with Gasteiger partial charge in [0.2, 0.25) is 5.28 Å². The van der Waals surface area contributed by atoms with Crippen LogP contribution < -0.4 is 10.9 Å². The van der Waals surface area contributed by atoms with Gasteiger partial charge in [-0.05, 0) is 55.3 Å². The van der Waals surface area contributed by atoms with Crippen molar-refractivity contribution in [2.75, 3.05) is 7.05 Å². The summed E-state index contributed by atoms with van der Waals surface area (Å²) in [4.78, 5) is 48.3. The third-order valence-corrected chi connectivity index (χ3v) is 6.46. The molecule has 0 bridgehead atoms. The molecule has 1 aliphatic rings. The summed E-state index contributed by atoms with van der Waals surface area (Å²) in [6.45, 7) is 1.97. The Morgan fingerprint density at radius 2 is 1.82 bits per heavy atom. The average Bonchev–Trinajstić information content (AvgIpc) is 2.80. The van der Waals surface area contributed by atoms with Crippen molar-refractivity contribution in [1.82, 2.24) is 24.8 Å². The van der Waals surface area contributed by atoms with Gasteiger partial charge in [0.15, 0.2) is 0 Å². The van der Waals surface area contributed by atoms with Crippen molar-refractivity contribution in [2.24, 2.45) is 0 Å². The minimum atomic E-state index is -0.362. The minimum Gasteiger partial charge on any atom is -0.355 e. The Kier molecular flexibility index (Phi) is 6.43. The lowest BCUT2D eigenvalue weighted by atomic mass is 9.98. The van der Waals surface area contributed by atoms with E-state index in [1.165, 1.54) is 29.9 Å². The quantitative estimate of drug-likeness (QED) is 0.548. The highest BCUT2D eigenvalue weighted by Gasteiger charge is 2.32. The minimum absolute atomic E-state index is 0.0876. The van der Waals surface area contributed by atoms with Crippen molar-refractivity contribution >= 4 is 46.6 Å². The van der Waals surface area contributed by atoms with E-state index in [1.807, 2.05) is 6.92 Å². The number of hydrogen-bond acceptors (Lipinski definition) is 5. The first-order chi connectivity index (χ1) is 15.7. The van der Waals surface area contributed by atoms with Crippen molar-refractivity contribution < 1.29 is 9.59 Å². The molecule has 3 aromatic rings. The van der Waals surface area contributed by atoms with E-state index in [2.05, 4.69) is 15.3 Å². The van der Waals surface area contributed by atoms with E-state index >= 15 is 0 Å². The Bertz CT molecular complexity index is 1320. The van der Waals surface area contributed by atoms with Crippen molar-refractivity contribution in [1.29, 1.82) is 0 Å². The predicted molar refractivity (Wildman–Crippen MR) is 126 cm³/mol. The van der Waals surface area contributed by atoms with Crippen molar-refractivity contribution in [3.05, 3.63) is 84.6 Å². The Morgan fingerprint density at radius 1 is 1.09 bits per heavy atom. The lowest BCUT2D eigenvalue weighted by Gasteiger charge is -2.34. The van der Waals surface area contributed by atoms with Crippen LogP contribution >= 0.6 is 34.8 Å². The fourth-order valence-corrected chi connectivity index (χ4v) is 4.26. The second-order valence-electron chi connectivity index (χ2n) is 7.55. The summed E-state index contributed by atoms with van der Waals surface area (Å²) in [5, 5.41) is 3.06. The maximum atomic E-state index is 13.3. The Labute approximate surface area is 204 Å². The number of fused-ring (bicyclic) bond motifs is 1. The molecule has 2 amide bonds. The Morgan fingerprint density at radius 3 is 2.45 bits per heavy atom. The zero-order valence-electron chi connectivity index (χ0n) is 17.6. The van der Waals surface area contributed by atoms with E-state index in [0.717, 1.165) is 0 Å². The summed E-state index contributed by atoms with van der Waals surface area (Å²) < 4.78 is 1.19. The zero-order chi connectivity index (χ0) is 23.9. The van der Waals surface area contributed by atoms with Crippen LogP contribution in [0.5, 0.6) is 0 Å². The first kappa shape index (κ1) is 23.2. The third kappa shape index (κ3) is 4.34. The molecule has 8 nitrogen and oxygen atoms in total. The van der Waals surface area contributed by atoms with Crippen LogP contribution in [0.4, 0.5) is 0 Å². The maximum absolute atomic E-state index is 13.3. The molecule has 0 saturated carbocycles. The smallest absolute Gasteiger partial charge is 0.263 e. The van der Waals surface area contributed by atoms with Crippen LogP contribution in [0.3, 0.4) is 0 Å². The van der Waals surface area contributed by atoms with Gasteiger partial charge in [0.05, 0.1) is 27.8 Å². The number of hydrogen-bond donors (Lipinski definition) is 1. The molecule has 1 aliphatic heterocycles. The second-order valence-corrected chi connectivity index (χ2v) is 8.70. The first-order valence-corrected chi connectivity index (χ1v) is 11.1. The van der Waals surface area contributed by atoms with Crippen LogP contribution in [0, 0.1) is 0 Å². The van der Waals surface area contributed by atoms with E-state index in [9.17, 15) is 14.4 Å². The lowest BCUT2D eigenvalue weighted by molar-refractivity contribution is 0.0653. The molecule has 0 fully saturated rings. The molecule has 1 aromatic carbocycles. The number of carbonyl (C=O) groups is 2. The summed E-state index contributed by atoms with van der Waals surface area (Å²) in [6.07, 6.45) is 1.65. The fraction of sp³-hybridized carbons (Fsp3) is 0.227. The molecule has 1 atom stereocenters. The highest BCUT2D eigenvalue weighted by atomic mass is 35.5. The molecule has 0 aliphatic carbocycles. The molecule has 3 heterocycles. The monoisotopic (exact) mass is 505 g/mol. The number of aromatic nitrogens is 3. The van der Waals surface area contributed by atoms with E-state index < -0.39 is 0 Å². The van der Waals surface area contributed by atoms with Gasteiger partial charge >= 0.3 is 0 Å². The maximum Gasteiger partial charge on any atom is 0.263 e. The standard InChI is InChI=1S/C22H18Cl3N5O3/c1-11-7-14-17(10-29(11)20(32)12-3-5-15(23)16(24)8-12)28-22(25)30(21(14)33)18-6-4-13(9-27-18)19(31)26-2/h3-6,8-9,11H,7,10H2,1-2H3,(H,26,31)/t11-/m1/s1. The lowest BCUT2D eigenvalue weighted by Crippen LogP contribution is -2.45. The summed E-state index contributed by atoms with van der Waals surface area (Å²) in [5.41, 5.74) is 1.26. The van der Waals surface area contributed by atoms with Crippen LogP contribution in [0.2, 0.25) is 15.3 Å². The number of amides is 2. The molecule has 0 unspecified atom stereocenters. The third-order valence-electron chi connectivity index (χ3n) is 5.47. The van der Waals surface area contributed by atoms with Crippen molar-refractivity contribution in [3.8, 4) is 5.82 Å². The molecule has 4 rings (SSSR count). The Balaban J connectivity index is 1.68. The van der Waals surface area contributed by atoms with Gasteiger partial charge in [-0.3, -0.25) is 14.4 Å². The molecular weight excluding hydrogens is 489 g/mol. The molecule has 1 N–H and O–H groups in total. The SMILES string of the molecule is CNC(=O)c1ccc(-n2c(Cl)nc3c(c2=O)C[C@@H](C)N(C(=O)c2ccc(Cl)c(Cl)c2)C3)nc1. The zero-order valence-corrected chi connectivity index (χ0v) is 19.9. The van der Waals surface area contributed by atoms with E-state index in [-0.39, 0.29) is 46.1 Å².